The second kappa shape index (κ2) is 7.09. The predicted octanol–water partition coefficient (Wildman–Crippen LogP) is 1.80. The molecule has 0 saturated carbocycles. The summed E-state index contributed by atoms with van der Waals surface area (Å²) in [5.41, 5.74) is 0.646. The Kier molecular flexibility index (Phi) is 5.33. The Morgan fingerprint density at radius 2 is 1.54 bits per heavy atom. The average Bonchev–Trinajstić information content (AvgIpc) is 2.72. The van der Waals surface area contributed by atoms with Crippen molar-refractivity contribution in [1.29, 1.82) is 0 Å². The van der Waals surface area contributed by atoms with Crippen molar-refractivity contribution >= 4 is 35.1 Å². The van der Waals surface area contributed by atoms with Gasteiger partial charge in [-0.15, -0.1) is 0 Å². The predicted molar refractivity (Wildman–Crippen MR) is 94.7 cm³/mol. The number of imide groups is 1. The summed E-state index contributed by atoms with van der Waals surface area (Å²) in [5, 5.41) is 2.90. The molecular formula is C17H21N3O3S. The van der Waals surface area contributed by atoms with Crippen LogP contribution in [0.15, 0.2) is 24.3 Å². The lowest BCUT2D eigenvalue weighted by Gasteiger charge is -2.33. The Hall–Kier alpha value is -2.28. The summed E-state index contributed by atoms with van der Waals surface area (Å²) >= 11 is 5.28. The van der Waals surface area contributed by atoms with Crippen molar-refractivity contribution in [2.75, 3.05) is 6.54 Å². The molecule has 1 N–H and O–H groups in total. The monoisotopic (exact) mass is 347 g/mol. The Labute approximate surface area is 146 Å². The Bertz CT molecular complexity index is 657. The van der Waals surface area contributed by atoms with E-state index in [1.807, 2.05) is 32.6 Å². The van der Waals surface area contributed by atoms with E-state index in [0.717, 1.165) is 4.90 Å². The standard InChI is InChI=1S/C17H21N3O3S/c1-10(2)20(11(3)4)17(24)18-14(21)9-19-15(22)12-7-5-6-8-13(12)16(19)23/h5-8,10-11H,9H2,1-4H3,(H,18,21,24). The zero-order valence-corrected chi connectivity index (χ0v) is 15.0. The van der Waals surface area contributed by atoms with Gasteiger partial charge in [0.15, 0.2) is 5.11 Å². The number of hydrogen-bond acceptors (Lipinski definition) is 4. The molecular weight excluding hydrogens is 326 g/mol. The van der Waals surface area contributed by atoms with Crippen LogP contribution in [-0.4, -0.2) is 51.3 Å². The number of hydrogen-bond donors (Lipinski definition) is 1. The second-order valence-electron chi connectivity index (χ2n) is 6.19. The number of amides is 3. The van der Waals surface area contributed by atoms with E-state index in [1.165, 1.54) is 0 Å². The number of thiocarbonyl (C=S) groups is 1. The maximum absolute atomic E-state index is 12.3. The van der Waals surface area contributed by atoms with Gasteiger partial charge in [-0.3, -0.25) is 19.3 Å². The molecule has 3 amide bonds. The van der Waals surface area contributed by atoms with E-state index in [1.54, 1.807) is 24.3 Å². The Morgan fingerprint density at radius 1 is 1.08 bits per heavy atom. The summed E-state index contributed by atoms with van der Waals surface area (Å²) in [5.74, 6) is -1.40. The van der Waals surface area contributed by atoms with Gasteiger partial charge in [0, 0.05) is 12.1 Å². The van der Waals surface area contributed by atoms with E-state index in [4.69, 9.17) is 12.2 Å². The van der Waals surface area contributed by atoms with Crippen molar-refractivity contribution in [3.05, 3.63) is 35.4 Å². The van der Waals surface area contributed by atoms with Crippen molar-refractivity contribution in [1.82, 2.24) is 15.1 Å². The van der Waals surface area contributed by atoms with Crippen LogP contribution in [0.3, 0.4) is 0 Å². The molecule has 1 aromatic carbocycles. The van der Waals surface area contributed by atoms with Crippen molar-refractivity contribution in [2.45, 2.75) is 39.8 Å². The van der Waals surface area contributed by atoms with E-state index >= 15 is 0 Å². The number of benzene rings is 1. The number of carbonyl (C=O) groups excluding carboxylic acids is 3. The van der Waals surface area contributed by atoms with Crippen LogP contribution in [0, 0.1) is 0 Å². The first-order valence-corrected chi connectivity index (χ1v) is 8.22. The number of fused-ring (bicyclic) bond motifs is 1. The summed E-state index contributed by atoms with van der Waals surface area (Å²) in [7, 11) is 0. The van der Waals surface area contributed by atoms with Gasteiger partial charge in [-0.2, -0.15) is 0 Å². The van der Waals surface area contributed by atoms with Crippen LogP contribution >= 0.6 is 12.2 Å². The first-order chi connectivity index (χ1) is 11.2. The number of carbonyl (C=O) groups is 3. The minimum Gasteiger partial charge on any atom is -0.344 e. The van der Waals surface area contributed by atoms with Crippen LogP contribution in [0.5, 0.6) is 0 Å². The number of rotatable bonds is 4. The van der Waals surface area contributed by atoms with E-state index in [-0.39, 0.29) is 18.6 Å². The molecule has 0 spiro atoms. The highest BCUT2D eigenvalue weighted by Gasteiger charge is 2.36. The molecule has 0 saturated heterocycles. The summed E-state index contributed by atoms with van der Waals surface area (Å²) in [4.78, 5) is 39.6. The van der Waals surface area contributed by atoms with Crippen LogP contribution in [-0.2, 0) is 4.79 Å². The van der Waals surface area contributed by atoms with Crippen LogP contribution in [0.25, 0.3) is 0 Å². The molecule has 128 valence electrons. The number of nitrogens with one attached hydrogen (secondary N) is 1. The van der Waals surface area contributed by atoms with Crippen LogP contribution in [0.4, 0.5) is 0 Å². The lowest BCUT2D eigenvalue weighted by molar-refractivity contribution is -0.120. The molecule has 24 heavy (non-hydrogen) atoms. The van der Waals surface area contributed by atoms with E-state index in [2.05, 4.69) is 5.32 Å². The Balaban J connectivity index is 2.05. The smallest absolute Gasteiger partial charge is 0.262 e. The van der Waals surface area contributed by atoms with E-state index in [0.29, 0.717) is 16.2 Å². The lowest BCUT2D eigenvalue weighted by atomic mass is 10.1. The molecule has 7 heteroatoms. The van der Waals surface area contributed by atoms with Gasteiger partial charge in [-0.25, -0.2) is 0 Å². The zero-order chi connectivity index (χ0) is 18.0. The molecule has 1 aliphatic rings. The normalized spacial score (nSPS) is 13.5. The molecule has 6 nitrogen and oxygen atoms in total. The van der Waals surface area contributed by atoms with Gasteiger partial charge < -0.3 is 10.2 Å². The zero-order valence-electron chi connectivity index (χ0n) is 14.2. The highest BCUT2D eigenvalue weighted by atomic mass is 32.1. The molecule has 1 aliphatic heterocycles. The summed E-state index contributed by atoms with van der Waals surface area (Å²) < 4.78 is 0. The first-order valence-electron chi connectivity index (χ1n) is 7.81. The topological polar surface area (TPSA) is 69.7 Å². The molecule has 0 unspecified atom stereocenters. The SMILES string of the molecule is CC(C)N(C(=S)NC(=O)CN1C(=O)c2ccccc2C1=O)C(C)C. The molecule has 0 atom stereocenters. The highest BCUT2D eigenvalue weighted by Crippen LogP contribution is 2.21. The van der Waals surface area contributed by atoms with Gasteiger partial charge in [0.25, 0.3) is 11.8 Å². The van der Waals surface area contributed by atoms with Gasteiger partial charge in [0.1, 0.15) is 6.54 Å². The van der Waals surface area contributed by atoms with Gasteiger partial charge in [0.2, 0.25) is 5.91 Å². The van der Waals surface area contributed by atoms with Gasteiger partial charge in [-0.1, -0.05) is 12.1 Å². The molecule has 1 heterocycles. The fourth-order valence-corrected chi connectivity index (χ4v) is 3.35. The molecule has 0 aromatic heterocycles. The maximum Gasteiger partial charge on any atom is 0.262 e. The second-order valence-corrected chi connectivity index (χ2v) is 6.58. The number of nitrogens with zero attached hydrogens (tertiary/aromatic N) is 2. The van der Waals surface area contributed by atoms with Crippen molar-refractivity contribution in [3.8, 4) is 0 Å². The summed E-state index contributed by atoms with van der Waals surface area (Å²) in [6.45, 7) is 7.55. The lowest BCUT2D eigenvalue weighted by Crippen LogP contribution is -2.51. The van der Waals surface area contributed by atoms with Crippen molar-refractivity contribution in [2.24, 2.45) is 0 Å². The maximum atomic E-state index is 12.3. The van der Waals surface area contributed by atoms with Gasteiger partial charge in [0.05, 0.1) is 11.1 Å². The molecule has 1 aromatic rings. The fraction of sp³-hybridized carbons (Fsp3) is 0.412. The third-order valence-corrected chi connectivity index (χ3v) is 4.09. The molecule has 0 radical (unpaired) electrons. The van der Waals surface area contributed by atoms with Crippen LogP contribution in [0.2, 0.25) is 0 Å². The first kappa shape index (κ1) is 18.1. The molecule has 2 rings (SSSR count). The third kappa shape index (κ3) is 3.46. The highest BCUT2D eigenvalue weighted by molar-refractivity contribution is 7.80. The molecule has 0 fully saturated rings. The summed E-state index contributed by atoms with van der Waals surface area (Å²) in [6, 6.07) is 6.78. The average molecular weight is 347 g/mol. The largest absolute Gasteiger partial charge is 0.344 e. The third-order valence-electron chi connectivity index (χ3n) is 3.77. The van der Waals surface area contributed by atoms with E-state index < -0.39 is 17.7 Å². The van der Waals surface area contributed by atoms with Gasteiger partial charge in [-0.05, 0) is 52.0 Å². The molecule has 0 aliphatic carbocycles. The minimum atomic E-state index is -0.485. The van der Waals surface area contributed by atoms with Crippen LogP contribution in [0.1, 0.15) is 48.4 Å². The fourth-order valence-electron chi connectivity index (χ4n) is 2.81. The quantitative estimate of drug-likeness (QED) is 0.664. The van der Waals surface area contributed by atoms with Gasteiger partial charge >= 0.3 is 0 Å². The van der Waals surface area contributed by atoms with Crippen molar-refractivity contribution < 1.29 is 14.4 Å². The Morgan fingerprint density at radius 3 is 1.96 bits per heavy atom. The van der Waals surface area contributed by atoms with E-state index in [9.17, 15) is 14.4 Å². The van der Waals surface area contributed by atoms with Crippen LogP contribution < -0.4 is 5.32 Å². The van der Waals surface area contributed by atoms with Crippen molar-refractivity contribution in [3.63, 3.8) is 0 Å². The molecule has 0 bridgehead atoms. The minimum absolute atomic E-state index is 0.122. The summed E-state index contributed by atoms with van der Waals surface area (Å²) in [6.07, 6.45) is 0.